The molecule has 7 nitrogen and oxygen atoms in total. The Morgan fingerprint density at radius 2 is 2.31 bits per heavy atom. The van der Waals surface area contributed by atoms with Gasteiger partial charge in [-0.2, -0.15) is 5.10 Å². The minimum absolute atomic E-state index is 0. The van der Waals surface area contributed by atoms with E-state index in [4.69, 9.17) is 16.3 Å². The van der Waals surface area contributed by atoms with Gasteiger partial charge in [0.2, 0.25) is 0 Å². The van der Waals surface area contributed by atoms with Crippen LogP contribution in [0.4, 0.5) is 0 Å². The first kappa shape index (κ1) is 21.9. The van der Waals surface area contributed by atoms with Gasteiger partial charge in [0.1, 0.15) is 6.10 Å². The van der Waals surface area contributed by atoms with Crippen LogP contribution < -0.4 is 5.32 Å². The van der Waals surface area contributed by atoms with Crippen molar-refractivity contribution in [3.8, 4) is 0 Å². The van der Waals surface area contributed by atoms with E-state index in [1.807, 2.05) is 44.7 Å². The number of morpholine rings is 1. The lowest BCUT2D eigenvalue weighted by atomic mass is 10.1. The molecule has 9 heteroatoms. The molecule has 1 atom stereocenters. The SMILES string of the molecule is CN=C(NCCc1c[nH]c2ccc(Cl)cc12)N1CCOC(c2cnn(C)c2)C1.I. The Kier molecular flexibility index (Phi) is 7.42. The van der Waals surface area contributed by atoms with Crippen LogP contribution in [0.3, 0.4) is 0 Å². The van der Waals surface area contributed by atoms with Crippen molar-refractivity contribution in [3.63, 3.8) is 0 Å². The lowest BCUT2D eigenvalue weighted by molar-refractivity contribution is -0.00800. The van der Waals surface area contributed by atoms with Crippen molar-refractivity contribution in [1.29, 1.82) is 0 Å². The summed E-state index contributed by atoms with van der Waals surface area (Å²) in [5.74, 6) is 0.898. The molecule has 1 aromatic carbocycles. The summed E-state index contributed by atoms with van der Waals surface area (Å²) in [5, 5.41) is 9.67. The van der Waals surface area contributed by atoms with Crippen molar-refractivity contribution in [3.05, 3.63) is 52.9 Å². The second kappa shape index (κ2) is 9.82. The van der Waals surface area contributed by atoms with E-state index >= 15 is 0 Å². The number of rotatable bonds is 4. The molecule has 0 amide bonds. The number of halogens is 2. The number of aromatic amines is 1. The number of hydrogen-bond donors (Lipinski definition) is 2. The van der Waals surface area contributed by atoms with Crippen LogP contribution in [0.1, 0.15) is 17.2 Å². The molecule has 3 heterocycles. The van der Waals surface area contributed by atoms with E-state index in [9.17, 15) is 0 Å². The third kappa shape index (κ3) is 5.04. The van der Waals surface area contributed by atoms with E-state index in [0.717, 1.165) is 48.1 Å². The van der Waals surface area contributed by atoms with Crippen LogP contribution in [-0.2, 0) is 18.2 Å². The summed E-state index contributed by atoms with van der Waals surface area (Å²) in [7, 11) is 3.74. The molecule has 2 aromatic heterocycles. The number of H-pyrrole nitrogens is 1. The lowest BCUT2D eigenvalue weighted by Crippen LogP contribution is -2.48. The van der Waals surface area contributed by atoms with Gasteiger partial charge in [0.05, 0.1) is 19.3 Å². The van der Waals surface area contributed by atoms with Crippen molar-refractivity contribution in [1.82, 2.24) is 25.0 Å². The van der Waals surface area contributed by atoms with E-state index in [0.29, 0.717) is 6.61 Å². The maximum atomic E-state index is 6.15. The predicted octanol–water partition coefficient (Wildman–Crippen LogP) is 3.36. The highest BCUT2D eigenvalue weighted by Gasteiger charge is 2.25. The lowest BCUT2D eigenvalue weighted by Gasteiger charge is -2.34. The van der Waals surface area contributed by atoms with E-state index in [-0.39, 0.29) is 30.1 Å². The van der Waals surface area contributed by atoms with Crippen molar-refractivity contribution in [2.75, 3.05) is 33.3 Å². The molecule has 156 valence electrons. The molecule has 1 aliphatic heterocycles. The predicted molar refractivity (Wildman–Crippen MR) is 127 cm³/mol. The number of aliphatic imine (C=N–C) groups is 1. The zero-order chi connectivity index (χ0) is 19.5. The highest BCUT2D eigenvalue weighted by molar-refractivity contribution is 14.0. The summed E-state index contributed by atoms with van der Waals surface area (Å²) in [6.45, 7) is 3.04. The summed E-state index contributed by atoms with van der Waals surface area (Å²) in [5.41, 5.74) is 3.45. The minimum atomic E-state index is 0. The Morgan fingerprint density at radius 1 is 1.45 bits per heavy atom. The average molecular weight is 529 g/mol. The molecule has 2 N–H and O–H groups in total. The molecule has 1 unspecified atom stereocenters. The molecule has 29 heavy (non-hydrogen) atoms. The molecule has 0 aliphatic carbocycles. The van der Waals surface area contributed by atoms with Crippen LogP contribution >= 0.6 is 35.6 Å². The van der Waals surface area contributed by atoms with Crippen LogP contribution in [-0.4, -0.2) is 58.9 Å². The van der Waals surface area contributed by atoms with Gasteiger partial charge in [-0.05, 0) is 30.2 Å². The molecule has 0 spiro atoms. The van der Waals surface area contributed by atoms with Crippen LogP contribution in [0.25, 0.3) is 10.9 Å². The largest absolute Gasteiger partial charge is 0.370 e. The smallest absolute Gasteiger partial charge is 0.193 e. The van der Waals surface area contributed by atoms with Gasteiger partial charge in [0.25, 0.3) is 0 Å². The number of ether oxygens (including phenoxy) is 1. The van der Waals surface area contributed by atoms with E-state index in [1.165, 1.54) is 10.9 Å². The average Bonchev–Trinajstić information content (AvgIpc) is 3.31. The first-order valence-electron chi connectivity index (χ1n) is 9.45. The molecule has 0 saturated carbocycles. The fourth-order valence-corrected chi connectivity index (χ4v) is 3.82. The standard InChI is InChI=1S/C20H25ClN6O.HI/c1-22-20(27-7-8-28-19(13-27)15-11-25-26(2)12-15)23-6-5-14-10-24-18-4-3-16(21)9-17(14)18;/h3-4,9-12,19,24H,5-8,13H2,1-2H3,(H,22,23);1H. The van der Waals surface area contributed by atoms with E-state index < -0.39 is 0 Å². The van der Waals surface area contributed by atoms with Gasteiger partial charge in [-0.3, -0.25) is 9.67 Å². The maximum absolute atomic E-state index is 6.15. The van der Waals surface area contributed by atoms with Gasteiger partial charge >= 0.3 is 0 Å². The van der Waals surface area contributed by atoms with Crippen molar-refractivity contribution < 1.29 is 4.74 Å². The van der Waals surface area contributed by atoms with E-state index in [2.05, 4.69) is 31.5 Å². The summed E-state index contributed by atoms with van der Waals surface area (Å²) in [4.78, 5) is 10.0. The summed E-state index contributed by atoms with van der Waals surface area (Å²) in [6, 6.07) is 5.93. The number of hydrogen-bond acceptors (Lipinski definition) is 3. The normalized spacial score (nSPS) is 17.4. The topological polar surface area (TPSA) is 70.5 Å². The second-order valence-electron chi connectivity index (χ2n) is 6.98. The Bertz CT molecular complexity index is 984. The third-order valence-corrected chi connectivity index (χ3v) is 5.32. The van der Waals surface area contributed by atoms with Crippen molar-refractivity contribution >= 4 is 52.4 Å². The van der Waals surface area contributed by atoms with Crippen molar-refractivity contribution in [2.45, 2.75) is 12.5 Å². The van der Waals surface area contributed by atoms with Crippen molar-refractivity contribution in [2.24, 2.45) is 12.0 Å². The van der Waals surface area contributed by atoms with Gasteiger partial charge in [-0.15, -0.1) is 24.0 Å². The van der Waals surface area contributed by atoms with Gasteiger partial charge < -0.3 is 19.9 Å². The number of aryl methyl sites for hydroxylation is 1. The highest BCUT2D eigenvalue weighted by atomic mass is 127. The number of nitrogens with zero attached hydrogens (tertiary/aromatic N) is 4. The van der Waals surface area contributed by atoms with Gasteiger partial charge in [0.15, 0.2) is 5.96 Å². The summed E-state index contributed by atoms with van der Waals surface area (Å²) >= 11 is 6.15. The first-order valence-corrected chi connectivity index (χ1v) is 9.83. The second-order valence-corrected chi connectivity index (χ2v) is 7.42. The molecule has 1 fully saturated rings. The van der Waals surface area contributed by atoms with Gasteiger partial charge in [-0.1, -0.05) is 11.6 Å². The Balaban J connectivity index is 0.00000240. The number of benzene rings is 1. The molecule has 4 rings (SSSR count). The number of nitrogens with one attached hydrogen (secondary N) is 2. The van der Waals surface area contributed by atoms with Gasteiger partial charge in [0, 0.05) is 61.1 Å². The Morgan fingerprint density at radius 3 is 3.07 bits per heavy atom. The van der Waals surface area contributed by atoms with Crippen LogP contribution in [0, 0.1) is 0 Å². The van der Waals surface area contributed by atoms with Crippen LogP contribution in [0.2, 0.25) is 5.02 Å². The zero-order valence-electron chi connectivity index (χ0n) is 16.6. The quantitative estimate of drug-likeness (QED) is 0.310. The number of aromatic nitrogens is 3. The fourth-order valence-electron chi connectivity index (χ4n) is 3.65. The molecule has 1 saturated heterocycles. The molecule has 0 radical (unpaired) electrons. The van der Waals surface area contributed by atoms with Gasteiger partial charge in [-0.25, -0.2) is 0 Å². The Labute approximate surface area is 192 Å². The summed E-state index contributed by atoms with van der Waals surface area (Å²) < 4.78 is 7.73. The third-order valence-electron chi connectivity index (χ3n) is 5.08. The monoisotopic (exact) mass is 528 g/mol. The summed E-state index contributed by atoms with van der Waals surface area (Å²) in [6.07, 6.45) is 6.82. The molecular weight excluding hydrogens is 503 g/mol. The first-order chi connectivity index (χ1) is 13.6. The molecule has 3 aromatic rings. The van der Waals surface area contributed by atoms with E-state index in [1.54, 1.807) is 4.68 Å². The molecular formula is C20H26ClIN6O. The van der Waals surface area contributed by atoms with Crippen LogP contribution in [0.15, 0.2) is 41.8 Å². The molecule has 0 bridgehead atoms. The highest BCUT2D eigenvalue weighted by Crippen LogP contribution is 2.23. The fraction of sp³-hybridized carbons (Fsp3) is 0.400. The molecule has 1 aliphatic rings. The Hall–Kier alpha value is -1.78. The van der Waals surface area contributed by atoms with Crippen LogP contribution in [0.5, 0.6) is 0 Å². The maximum Gasteiger partial charge on any atom is 0.193 e. The number of fused-ring (bicyclic) bond motifs is 1. The zero-order valence-corrected chi connectivity index (χ0v) is 19.6. The minimum Gasteiger partial charge on any atom is -0.370 e. The number of guanidine groups is 1.